The second-order valence-corrected chi connectivity index (χ2v) is 6.34. The number of aromatic nitrogens is 1. The zero-order valence-electron chi connectivity index (χ0n) is 11.5. The van der Waals surface area contributed by atoms with Crippen LogP contribution in [0.4, 0.5) is 10.1 Å². The van der Waals surface area contributed by atoms with E-state index >= 15 is 0 Å². The van der Waals surface area contributed by atoms with Crippen LogP contribution in [0.2, 0.25) is 0 Å². The third-order valence-corrected chi connectivity index (χ3v) is 5.00. The van der Waals surface area contributed by atoms with Crippen molar-refractivity contribution in [1.82, 2.24) is 9.29 Å². The number of halogens is 1. The Morgan fingerprint density at radius 3 is 2.62 bits per heavy atom. The lowest BCUT2D eigenvalue weighted by molar-refractivity contribution is 0.419. The van der Waals surface area contributed by atoms with Gasteiger partial charge >= 0.3 is 0 Å². The molecule has 0 bridgehead atoms. The van der Waals surface area contributed by atoms with Gasteiger partial charge < -0.3 is 5.73 Å². The average Bonchev–Trinajstić information content (AvgIpc) is 2.45. The average molecular weight is 309 g/mol. The quantitative estimate of drug-likeness (QED) is 0.857. The smallest absolute Gasteiger partial charge is 0.245 e. The van der Waals surface area contributed by atoms with Crippen molar-refractivity contribution in [3.8, 4) is 0 Å². The highest BCUT2D eigenvalue weighted by molar-refractivity contribution is 7.89. The molecule has 0 radical (unpaired) electrons. The Kier molecular flexibility index (Phi) is 4.54. The lowest BCUT2D eigenvalue weighted by atomic mass is 10.3. The van der Waals surface area contributed by atoms with E-state index in [2.05, 4.69) is 4.98 Å². The van der Waals surface area contributed by atoms with Gasteiger partial charge in [-0.2, -0.15) is 4.31 Å². The molecule has 0 unspecified atom stereocenters. The predicted octanol–water partition coefficient (Wildman–Crippen LogP) is 2.01. The molecule has 112 valence electrons. The van der Waals surface area contributed by atoms with E-state index in [4.69, 9.17) is 5.73 Å². The molecule has 0 fully saturated rings. The maximum atomic E-state index is 13.1. The summed E-state index contributed by atoms with van der Waals surface area (Å²) >= 11 is 0. The Labute approximate surface area is 123 Å². The van der Waals surface area contributed by atoms with E-state index in [0.29, 0.717) is 5.69 Å². The summed E-state index contributed by atoms with van der Waals surface area (Å²) in [6, 6.07) is 8.55. The summed E-state index contributed by atoms with van der Waals surface area (Å²) in [7, 11) is -3.80. The molecular formula is C14H16FN3O2S. The Morgan fingerprint density at radius 1 is 1.29 bits per heavy atom. The fourth-order valence-corrected chi connectivity index (χ4v) is 3.45. The van der Waals surface area contributed by atoms with E-state index in [1.54, 1.807) is 31.3 Å². The number of pyridine rings is 1. The van der Waals surface area contributed by atoms with Crippen LogP contribution in [0.5, 0.6) is 0 Å². The molecule has 0 aliphatic heterocycles. The van der Waals surface area contributed by atoms with Crippen LogP contribution in [-0.2, 0) is 16.6 Å². The number of sulfonamides is 1. The largest absolute Gasteiger partial charge is 0.398 e. The first kappa shape index (κ1) is 15.4. The molecule has 21 heavy (non-hydrogen) atoms. The predicted molar refractivity (Wildman–Crippen MR) is 78.3 cm³/mol. The number of hydrogen-bond donors (Lipinski definition) is 1. The van der Waals surface area contributed by atoms with Gasteiger partial charge in [0.05, 0.1) is 17.9 Å². The standard InChI is InChI=1S/C14H16FN3O2S/c1-2-18(10-12-5-3-4-8-17-12)21(19,20)14-7-6-11(15)9-13(14)16/h3-9H,2,10,16H2,1H3. The van der Waals surface area contributed by atoms with E-state index in [1.807, 2.05) is 0 Å². The second-order valence-electron chi connectivity index (χ2n) is 4.43. The van der Waals surface area contributed by atoms with Gasteiger partial charge in [0.1, 0.15) is 10.7 Å². The maximum Gasteiger partial charge on any atom is 0.245 e. The molecule has 1 aromatic heterocycles. The topological polar surface area (TPSA) is 76.3 Å². The van der Waals surface area contributed by atoms with Gasteiger partial charge in [-0.05, 0) is 30.3 Å². The SMILES string of the molecule is CCN(Cc1ccccn1)S(=O)(=O)c1ccc(F)cc1N. The highest BCUT2D eigenvalue weighted by atomic mass is 32.2. The van der Waals surface area contributed by atoms with Gasteiger partial charge in [0.15, 0.2) is 0 Å². The van der Waals surface area contributed by atoms with Gasteiger partial charge in [-0.3, -0.25) is 4.98 Å². The molecule has 0 aliphatic rings. The summed E-state index contributed by atoms with van der Waals surface area (Å²) < 4.78 is 39.5. The van der Waals surface area contributed by atoms with Crippen molar-refractivity contribution in [2.75, 3.05) is 12.3 Å². The van der Waals surface area contributed by atoms with Crippen molar-refractivity contribution in [1.29, 1.82) is 0 Å². The number of nitrogen functional groups attached to an aromatic ring is 1. The van der Waals surface area contributed by atoms with E-state index in [9.17, 15) is 12.8 Å². The van der Waals surface area contributed by atoms with E-state index in [1.165, 1.54) is 10.4 Å². The van der Waals surface area contributed by atoms with Crippen molar-refractivity contribution in [3.05, 3.63) is 54.1 Å². The zero-order chi connectivity index (χ0) is 15.5. The highest BCUT2D eigenvalue weighted by Gasteiger charge is 2.25. The van der Waals surface area contributed by atoms with Gasteiger partial charge in [0.2, 0.25) is 10.0 Å². The maximum absolute atomic E-state index is 13.1. The van der Waals surface area contributed by atoms with Crippen LogP contribution in [0.3, 0.4) is 0 Å². The molecule has 7 heteroatoms. The van der Waals surface area contributed by atoms with Crippen LogP contribution in [0.15, 0.2) is 47.5 Å². The minimum Gasteiger partial charge on any atom is -0.398 e. The van der Waals surface area contributed by atoms with Crippen molar-refractivity contribution in [3.63, 3.8) is 0 Å². The minimum atomic E-state index is -3.80. The molecule has 0 atom stereocenters. The Bertz CT molecular complexity index is 720. The van der Waals surface area contributed by atoms with Crippen molar-refractivity contribution < 1.29 is 12.8 Å². The van der Waals surface area contributed by atoms with Crippen molar-refractivity contribution in [2.24, 2.45) is 0 Å². The first-order valence-corrected chi connectivity index (χ1v) is 7.84. The molecule has 0 amide bonds. The monoisotopic (exact) mass is 309 g/mol. The van der Waals surface area contributed by atoms with Crippen molar-refractivity contribution >= 4 is 15.7 Å². The summed E-state index contributed by atoms with van der Waals surface area (Å²) in [5.74, 6) is -0.570. The minimum absolute atomic E-state index is 0.0957. The fraction of sp³-hybridized carbons (Fsp3) is 0.214. The number of rotatable bonds is 5. The molecule has 2 rings (SSSR count). The lowest BCUT2D eigenvalue weighted by Crippen LogP contribution is -2.31. The number of nitrogens with zero attached hydrogens (tertiary/aromatic N) is 2. The Hall–Kier alpha value is -1.99. The summed E-state index contributed by atoms with van der Waals surface area (Å²) in [6.07, 6.45) is 1.60. The Morgan fingerprint density at radius 2 is 2.05 bits per heavy atom. The number of anilines is 1. The molecule has 2 aromatic rings. The normalized spacial score (nSPS) is 11.8. The summed E-state index contributed by atoms with van der Waals surface area (Å²) in [4.78, 5) is 4.02. The number of benzene rings is 1. The van der Waals surface area contributed by atoms with Crippen LogP contribution in [0.25, 0.3) is 0 Å². The highest BCUT2D eigenvalue weighted by Crippen LogP contribution is 2.24. The van der Waals surface area contributed by atoms with Crippen molar-refractivity contribution in [2.45, 2.75) is 18.4 Å². The molecule has 5 nitrogen and oxygen atoms in total. The lowest BCUT2D eigenvalue weighted by Gasteiger charge is -2.21. The molecular weight excluding hydrogens is 293 g/mol. The molecule has 1 aromatic carbocycles. The number of hydrogen-bond acceptors (Lipinski definition) is 4. The van der Waals surface area contributed by atoms with E-state index in [0.717, 1.165) is 12.1 Å². The first-order valence-electron chi connectivity index (χ1n) is 6.40. The number of nitrogens with two attached hydrogens (primary N) is 1. The summed E-state index contributed by atoms with van der Waals surface area (Å²) in [5, 5.41) is 0. The van der Waals surface area contributed by atoms with E-state index < -0.39 is 15.8 Å². The van der Waals surface area contributed by atoms with E-state index in [-0.39, 0.29) is 23.7 Å². The van der Waals surface area contributed by atoms with Gasteiger partial charge in [-0.15, -0.1) is 0 Å². The van der Waals surface area contributed by atoms with Gasteiger partial charge in [0.25, 0.3) is 0 Å². The zero-order valence-corrected chi connectivity index (χ0v) is 12.3. The van der Waals surface area contributed by atoms with Crippen LogP contribution >= 0.6 is 0 Å². The third kappa shape index (κ3) is 3.37. The summed E-state index contributed by atoms with van der Waals surface area (Å²) in [5.41, 5.74) is 6.16. The molecule has 2 N–H and O–H groups in total. The Balaban J connectivity index is 2.36. The van der Waals surface area contributed by atoms with Gasteiger partial charge in [-0.25, -0.2) is 12.8 Å². The summed E-state index contributed by atoms with van der Waals surface area (Å²) in [6.45, 7) is 2.12. The van der Waals surface area contributed by atoms with Gasteiger partial charge in [0, 0.05) is 12.7 Å². The molecule has 0 aliphatic carbocycles. The first-order chi connectivity index (χ1) is 9.95. The van der Waals surface area contributed by atoms with Gasteiger partial charge in [-0.1, -0.05) is 13.0 Å². The van der Waals surface area contributed by atoms with Crippen LogP contribution < -0.4 is 5.73 Å². The fourth-order valence-electron chi connectivity index (χ4n) is 1.93. The molecule has 0 saturated carbocycles. The van der Waals surface area contributed by atoms with Crippen LogP contribution in [0.1, 0.15) is 12.6 Å². The third-order valence-electron chi connectivity index (χ3n) is 3.01. The second kappa shape index (κ2) is 6.19. The van der Waals surface area contributed by atoms with Crippen LogP contribution in [0, 0.1) is 5.82 Å². The molecule has 0 spiro atoms. The molecule has 1 heterocycles. The van der Waals surface area contributed by atoms with Crippen LogP contribution in [-0.4, -0.2) is 24.3 Å². The molecule has 0 saturated heterocycles.